The third-order valence-corrected chi connectivity index (χ3v) is 0. The molecule has 0 spiro atoms. The van der Waals surface area contributed by atoms with Crippen LogP contribution in [0.2, 0.25) is 0 Å². The van der Waals surface area contributed by atoms with Gasteiger partial charge in [0.2, 0.25) is 0 Å². The Balaban J connectivity index is -0.00000000246. The summed E-state index contributed by atoms with van der Waals surface area (Å²) in [4.78, 5) is 0. The molecule has 0 N–H and O–H groups in total. The maximum absolute atomic E-state index is 9.01. The van der Waals surface area contributed by atoms with E-state index in [1.54, 1.807) is 15.7 Å². The van der Waals surface area contributed by atoms with E-state index >= 15 is 0 Å². The Morgan fingerprint density at radius 3 is 1.20 bits per heavy atom. The fraction of sp³-hybridized carbons (Fsp3) is 0. The summed E-state index contributed by atoms with van der Waals surface area (Å²) in [5.74, 6) is 0. The second kappa shape index (κ2) is 76.8. The van der Waals surface area contributed by atoms with E-state index in [1.165, 1.54) is 0 Å². The molecule has 0 aromatic carbocycles. The second-order valence-corrected chi connectivity index (χ2v) is 0.707. The fourth-order valence-corrected chi connectivity index (χ4v) is 0. The van der Waals surface area contributed by atoms with Crippen LogP contribution in [0, 0.1) is 0 Å². The van der Waals surface area contributed by atoms with Gasteiger partial charge >= 0.3 is 70.9 Å². The first-order chi connectivity index (χ1) is 2.41. The van der Waals surface area contributed by atoms with Crippen LogP contribution in [0.15, 0.2) is 0 Å². The molecule has 10 heavy (non-hydrogen) atoms. The van der Waals surface area contributed by atoms with Gasteiger partial charge in [0.25, 0.3) is 0 Å². The standard InChI is InChI=1S/Al.2Co.2Li.Mn.2Ni.2O.H. The number of hydrogen-bond acceptors (Lipinski definition) is 2. The topological polar surface area (TPSA) is 34.1 Å². The first-order valence-corrected chi connectivity index (χ1v) is 3.00. The van der Waals surface area contributed by atoms with E-state index in [0.717, 1.165) is 0 Å². The van der Waals surface area contributed by atoms with Crippen LogP contribution < -0.4 is 0 Å². The van der Waals surface area contributed by atoms with Gasteiger partial charge in [0, 0.05) is 66.8 Å². The van der Waals surface area contributed by atoms with Crippen LogP contribution in [0.25, 0.3) is 0 Å². The van der Waals surface area contributed by atoms with Crippen LogP contribution in [0.5, 0.6) is 0 Å². The first kappa shape index (κ1) is 48.7. The van der Waals surface area contributed by atoms with Crippen molar-refractivity contribution in [3.63, 3.8) is 0 Å². The molecule has 0 saturated heterocycles. The molecule has 0 aliphatic rings. The van der Waals surface area contributed by atoms with Crippen LogP contribution in [0.3, 0.4) is 0 Å². The van der Waals surface area contributed by atoms with Crippen molar-refractivity contribution in [3.05, 3.63) is 0 Å². The summed E-state index contributed by atoms with van der Waals surface area (Å²) in [7, 11) is 0. The number of hydrogen-bond donors (Lipinski definition) is 0. The molecule has 0 amide bonds. The van der Waals surface area contributed by atoms with Gasteiger partial charge in [0.1, 0.15) is 0 Å². The molecule has 0 saturated carbocycles. The Hall–Kier alpha value is 3.85. The summed E-state index contributed by atoms with van der Waals surface area (Å²) < 4.78 is 17.0. The minimum absolute atomic E-state index is 0. The van der Waals surface area contributed by atoms with Gasteiger partial charge in [0.15, 0.2) is 0 Å². The molecule has 10 heteroatoms. The van der Waals surface area contributed by atoms with E-state index in [-0.39, 0.29) is 85.7 Å². The predicted octanol–water partition coefficient (Wildman–Crippen LogP) is -1.66. The molecule has 63 valence electrons. The summed E-state index contributed by atoms with van der Waals surface area (Å²) >= 11 is 3.47. The second-order valence-electron chi connectivity index (χ2n) is 0.236. The van der Waals surface area contributed by atoms with Crippen LogP contribution in [0.4, 0.5) is 0 Å². The Kier molecular flexibility index (Phi) is 374. The molecule has 0 atom stereocenters. The average molecular weight is 364 g/mol. The summed E-state index contributed by atoms with van der Waals surface area (Å²) in [6.07, 6.45) is 0. The van der Waals surface area contributed by atoms with Crippen molar-refractivity contribution in [2.75, 3.05) is 0 Å². The molecule has 2 radical (unpaired) electrons. The van der Waals surface area contributed by atoms with E-state index in [2.05, 4.69) is 15.7 Å². The van der Waals surface area contributed by atoms with Crippen LogP contribution in [0.1, 0.15) is 0 Å². The van der Waals surface area contributed by atoms with Crippen molar-refractivity contribution in [2.24, 2.45) is 0 Å². The summed E-state index contributed by atoms with van der Waals surface area (Å²) in [6, 6.07) is 0. The Labute approximate surface area is 135 Å². The van der Waals surface area contributed by atoms with E-state index < -0.39 is 12.9 Å². The van der Waals surface area contributed by atoms with Gasteiger partial charge in [-0.25, -0.2) is 0 Å². The van der Waals surface area contributed by atoms with E-state index in [9.17, 15) is 0 Å². The minimum atomic E-state index is -0.500. The monoisotopic (exact) mass is 363 g/mol. The molecular weight excluding hydrogens is 363 g/mol. The molecule has 0 bridgehead atoms. The molecule has 0 aromatic rings. The van der Waals surface area contributed by atoms with Gasteiger partial charge in [-0.3, -0.25) is 0 Å². The van der Waals surface area contributed by atoms with Gasteiger partial charge in [-0.1, -0.05) is 0 Å². The van der Waals surface area contributed by atoms with Crippen LogP contribution in [-0.4, -0.2) is 47.5 Å². The molecule has 2 nitrogen and oxygen atoms in total. The van der Waals surface area contributed by atoms with Crippen molar-refractivity contribution >= 4 is 47.5 Å². The first-order valence-electron chi connectivity index (χ1n) is 0.949. The van der Waals surface area contributed by atoms with Gasteiger partial charge in [-0.2, -0.15) is 0 Å². The summed E-state index contributed by atoms with van der Waals surface area (Å²) in [6.45, 7) is 0. The van der Waals surface area contributed by atoms with E-state index in [4.69, 9.17) is 7.67 Å². The van der Waals surface area contributed by atoms with Crippen molar-refractivity contribution < 1.29 is 90.2 Å². The number of rotatable bonds is 0. The van der Waals surface area contributed by atoms with Crippen molar-refractivity contribution in [1.29, 1.82) is 0 Å². The summed E-state index contributed by atoms with van der Waals surface area (Å²) in [5.41, 5.74) is 0. The third-order valence-electron chi connectivity index (χ3n) is 0. The van der Waals surface area contributed by atoms with Crippen molar-refractivity contribution in [3.8, 4) is 0 Å². The molecule has 0 heterocycles. The fourth-order valence-electron chi connectivity index (χ4n) is 0. The summed E-state index contributed by atoms with van der Waals surface area (Å²) in [5, 5.41) is 0. The Morgan fingerprint density at radius 1 is 1.20 bits per heavy atom. The van der Waals surface area contributed by atoms with Crippen molar-refractivity contribution in [2.45, 2.75) is 0 Å². The van der Waals surface area contributed by atoms with Gasteiger partial charge < -0.3 is 0 Å². The molecule has 0 aliphatic carbocycles. The molecular formula is HAlCo2Li2MnNi2O2. The SMILES string of the molecule is [Co].[LiH].[Li][Al]=[O].[Mn].[Ni].[Ni].[O]=[Co]. The molecule has 0 unspecified atom stereocenters. The normalized spacial score (nSPS) is 1.50. The van der Waals surface area contributed by atoms with Crippen LogP contribution >= 0.6 is 0 Å². The average Bonchev–Trinajstić information content (AvgIpc) is 1.46. The quantitative estimate of drug-likeness (QED) is 0.483. The zero-order valence-electron chi connectivity index (χ0n) is 4.07. The van der Waals surface area contributed by atoms with E-state index in [1.807, 2.05) is 0 Å². The molecule has 0 aromatic heterocycles. The third kappa shape index (κ3) is 94.2. The van der Waals surface area contributed by atoms with Gasteiger partial charge in [-0.15, -0.1) is 0 Å². The van der Waals surface area contributed by atoms with Gasteiger partial charge in [-0.05, 0) is 0 Å². The van der Waals surface area contributed by atoms with Gasteiger partial charge in [0.05, 0.1) is 0 Å². The molecule has 0 aliphatic heterocycles. The van der Waals surface area contributed by atoms with Crippen LogP contribution in [-0.2, 0) is 90.2 Å². The zero-order chi connectivity index (χ0) is 4.71. The van der Waals surface area contributed by atoms with E-state index in [0.29, 0.717) is 0 Å². The predicted molar refractivity (Wildman–Crippen MR) is 20.0 cm³/mol. The Bertz CT molecular complexity index is 39.2. The zero-order valence-corrected chi connectivity index (χ0v) is 10.5. The maximum atomic E-state index is 9.01. The molecule has 0 rings (SSSR count). The molecule has 0 fully saturated rings. The van der Waals surface area contributed by atoms with Crippen molar-refractivity contribution in [1.82, 2.24) is 0 Å². The Morgan fingerprint density at radius 2 is 1.20 bits per heavy atom.